The van der Waals surface area contributed by atoms with Crippen LogP contribution in [0.1, 0.15) is 35.8 Å². The Morgan fingerprint density at radius 3 is 2.68 bits per heavy atom. The molecule has 41 heavy (non-hydrogen) atoms. The van der Waals surface area contributed by atoms with Crippen LogP contribution in [0.25, 0.3) is 0 Å². The predicted molar refractivity (Wildman–Crippen MR) is 134 cm³/mol. The molecule has 6 atom stereocenters. The van der Waals surface area contributed by atoms with Crippen molar-refractivity contribution in [1.82, 2.24) is 15.2 Å². The van der Waals surface area contributed by atoms with Gasteiger partial charge in [-0.05, 0) is 25.1 Å². The number of ether oxygens (including phenoxy) is 3. The number of hydrogen-bond donors (Lipinski definition) is 2. The van der Waals surface area contributed by atoms with Crippen LogP contribution < -0.4 is 15.4 Å². The fourth-order valence-corrected chi connectivity index (χ4v) is 5.87. The highest BCUT2D eigenvalue weighted by molar-refractivity contribution is 5.98. The standard InChI is InChI=1S/C27H29F5N4O5/c1-13-20(15-4-5-16(28)21(29)22(15)39-3)23(41-26(13,2)27(30,31)32)24(37)35-14-6-7-34-17(10-14)25(38)36-8-9-40-19-12-33-11-18(19)36/h4-7,10,13,18-20,23,33H,8-9,11-12H2,1-3H3,(H,34,35,37)/t13-,18+,19-,20-,23+,26+/m0/s1. The number of fused-ring (bicyclic) bond motifs is 1. The molecule has 0 unspecified atom stereocenters. The summed E-state index contributed by atoms with van der Waals surface area (Å²) in [5.41, 5.74) is -2.83. The first-order valence-corrected chi connectivity index (χ1v) is 13.0. The van der Waals surface area contributed by atoms with Crippen LogP contribution in [0, 0.1) is 17.6 Å². The Morgan fingerprint density at radius 1 is 1.22 bits per heavy atom. The van der Waals surface area contributed by atoms with Crippen LogP contribution in [0.5, 0.6) is 5.75 Å². The van der Waals surface area contributed by atoms with Gasteiger partial charge in [0.25, 0.3) is 11.8 Å². The normalized spacial score (nSPS) is 29.8. The van der Waals surface area contributed by atoms with Crippen molar-refractivity contribution < 1.29 is 45.8 Å². The molecule has 3 saturated heterocycles. The highest BCUT2D eigenvalue weighted by Crippen LogP contribution is 2.55. The first-order chi connectivity index (χ1) is 19.4. The zero-order valence-electron chi connectivity index (χ0n) is 22.4. The van der Waals surface area contributed by atoms with Gasteiger partial charge >= 0.3 is 6.18 Å². The van der Waals surface area contributed by atoms with E-state index in [2.05, 4.69) is 15.6 Å². The van der Waals surface area contributed by atoms with Crippen LogP contribution in [0.15, 0.2) is 30.5 Å². The van der Waals surface area contributed by atoms with Crippen molar-refractivity contribution in [3.63, 3.8) is 0 Å². The molecule has 2 aromatic rings. The van der Waals surface area contributed by atoms with Gasteiger partial charge in [0, 0.05) is 48.9 Å². The zero-order valence-corrected chi connectivity index (χ0v) is 22.4. The smallest absolute Gasteiger partial charge is 0.417 e. The number of hydrogen-bond acceptors (Lipinski definition) is 7. The summed E-state index contributed by atoms with van der Waals surface area (Å²) in [6.07, 6.45) is -5.52. The van der Waals surface area contributed by atoms with Gasteiger partial charge in [-0.2, -0.15) is 17.6 Å². The van der Waals surface area contributed by atoms with Gasteiger partial charge in [0.2, 0.25) is 5.82 Å². The minimum absolute atomic E-state index is 0.0232. The van der Waals surface area contributed by atoms with E-state index in [4.69, 9.17) is 14.2 Å². The topological polar surface area (TPSA) is 102 Å². The first-order valence-electron chi connectivity index (χ1n) is 13.0. The number of rotatable bonds is 5. The molecule has 4 heterocycles. The molecule has 222 valence electrons. The molecule has 0 spiro atoms. The molecule has 9 nitrogen and oxygen atoms in total. The number of methoxy groups -OCH3 is 1. The average molecular weight is 585 g/mol. The van der Waals surface area contributed by atoms with Crippen LogP contribution in [0.2, 0.25) is 0 Å². The number of benzene rings is 1. The first kappa shape index (κ1) is 29.1. The van der Waals surface area contributed by atoms with Crippen LogP contribution in [0.4, 0.5) is 27.6 Å². The van der Waals surface area contributed by atoms with Gasteiger partial charge in [-0.25, -0.2) is 4.39 Å². The lowest BCUT2D eigenvalue weighted by molar-refractivity contribution is -0.272. The zero-order chi connectivity index (χ0) is 29.7. The Morgan fingerprint density at radius 2 is 1.98 bits per heavy atom. The van der Waals surface area contributed by atoms with Gasteiger partial charge in [-0.3, -0.25) is 14.6 Å². The SMILES string of the molecule is COc1c([C@H]2[C@H](C(=O)Nc3ccnc(C(=O)N4CCO[C@H]5CNC[C@H]54)c3)O[C@@](C)(C(F)(F)F)[C@H]2C)ccc(F)c1F. The number of morpholine rings is 1. The molecule has 3 fully saturated rings. The summed E-state index contributed by atoms with van der Waals surface area (Å²) in [6.45, 7) is 3.90. The molecule has 14 heteroatoms. The van der Waals surface area contributed by atoms with E-state index < -0.39 is 53.0 Å². The Bertz CT molecular complexity index is 1340. The van der Waals surface area contributed by atoms with E-state index in [1.54, 1.807) is 4.90 Å². The second-order valence-corrected chi connectivity index (χ2v) is 10.5. The minimum Gasteiger partial charge on any atom is -0.493 e. The Labute approximate surface area is 232 Å². The fourth-order valence-electron chi connectivity index (χ4n) is 5.87. The second kappa shape index (κ2) is 10.8. The number of pyridine rings is 1. The van der Waals surface area contributed by atoms with Gasteiger partial charge in [0.1, 0.15) is 11.8 Å². The predicted octanol–water partition coefficient (Wildman–Crippen LogP) is 3.26. The molecule has 2 amide bonds. The van der Waals surface area contributed by atoms with Gasteiger partial charge in [-0.15, -0.1) is 0 Å². The molecule has 3 aliphatic rings. The quantitative estimate of drug-likeness (QED) is 0.521. The second-order valence-electron chi connectivity index (χ2n) is 10.5. The van der Waals surface area contributed by atoms with Crippen molar-refractivity contribution >= 4 is 17.5 Å². The maximum Gasteiger partial charge on any atom is 0.417 e. The van der Waals surface area contributed by atoms with E-state index in [9.17, 15) is 31.5 Å². The number of halogens is 5. The molecular weight excluding hydrogens is 555 g/mol. The number of nitrogens with zero attached hydrogens (tertiary/aromatic N) is 2. The number of amides is 2. The maximum atomic E-state index is 14.6. The number of carbonyl (C=O) groups excluding carboxylic acids is 2. The molecule has 2 N–H and O–H groups in total. The Hall–Kier alpha value is -3.36. The molecule has 0 bridgehead atoms. The summed E-state index contributed by atoms with van der Waals surface area (Å²) in [7, 11) is 1.05. The molecule has 1 aromatic heterocycles. The third-order valence-corrected chi connectivity index (χ3v) is 8.27. The highest BCUT2D eigenvalue weighted by Gasteiger charge is 2.66. The summed E-state index contributed by atoms with van der Waals surface area (Å²) in [5.74, 6) is -7.39. The van der Waals surface area contributed by atoms with Crippen molar-refractivity contribution in [2.45, 2.75) is 49.8 Å². The Kier molecular flexibility index (Phi) is 7.68. The van der Waals surface area contributed by atoms with E-state index in [-0.39, 0.29) is 35.0 Å². The van der Waals surface area contributed by atoms with Crippen LogP contribution in [0.3, 0.4) is 0 Å². The van der Waals surface area contributed by atoms with Crippen LogP contribution >= 0.6 is 0 Å². The summed E-state index contributed by atoms with van der Waals surface area (Å²) >= 11 is 0. The molecule has 0 saturated carbocycles. The van der Waals surface area contributed by atoms with Crippen molar-refractivity contribution in [2.75, 3.05) is 38.7 Å². The van der Waals surface area contributed by atoms with E-state index in [0.29, 0.717) is 26.2 Å². The maximum absolute atomic E-state index is 14.6. The number of carbonyl (C=O) groups is 2. The van der Waals surface area contributed by atoms with E-state index in [0.717, 1.165) is 26.2 Å². The number of aromatic nitrogens is 1. The summed E-state index contributed by atoms with van der Waals surface area (Å²) in [6, 6.07) is 4.36. The Balaban J connectivity index is 1.44. The number of anilines is 1. The minimum atomic E-state index is -4.90. The molecule has 5 rings (SSSR count). The van der Waals surface area contributed by atoms with Crippen LogP contribution in [-0.2, 0) is 14.3 Å². The molecular formula is C27H29F5N4O5. The average Bonchev–Trinajstić information content (AvgIpc) is 3.53. The van der Waals surface area contributed by atoms with E-state index in [1.807, 2.05) is 0 Å². The van der Waals surface area contributed by atoms with E-state index >= 15 is 0 Å². The number of alkyl halides is 3. The largest absolute Gasteiger partial charge is 0.493 e. The van der Waals surface area contributed by atoms with Crippen LogP contribution in [-0.4, -0.2) is 85.1 Å². The summed E-state index contributed by atoms with van der Waals surface area (Å²) < 4.78 is 87.2. The van der Waals surface area contributed by atoms with Gasteiger partial charge in [0.15, 0.2) is 17.2 Å². The lowest BCUT2D eigenvalue weighted by atomic mass is 9.77. The number of nitrogens with one attached hydrogen (secondary N) is 2. The lowest BCUT2D eigenvalue weighted by Gasteiger charge is -2.36. The summed E-state index contributed by atoms with van der Waals surface area (Å²) in [5, 5.41) is 5.69. The summed E-state index contributed by atoms with van der Waals surface area (Å²) in [4.78, 5) is 32.5. The molecule has 3 aliphatic heterocycles. The highest BCUT2D eigenvalue weighted by atomic mass is 19.4. The van der Waals surface area contributed by atoms with Crippen molar-refractivity contribution in [3.8, 4) is 5.75 Å². The molecule has 0 radical (unpaired) electrons. The van der Waals surface area contributed by atoms with Gasteiger partial charge < -0.3 is 29.7 Å². The van der Waals surface area contributed by atoms with Gasteiger partial charge in [0.05, 0.1) is 25.9 Å². The van der Waals surface area contributed by atoms with Crippen molar-refractivity contribution in [2.24, 2.45) is 5.92 Å². The van der Waals surface area contributed by atoms with Crippen molar-refractivity contribution in [3.05, 3.63) is 53.4 Å². The van der Waals surface area contributed by atoms with Crippen molar-refractivity contribution in [1.29, 1.82) is 0 Å². The molecule has 0 aliphatic carbocycles. The third-order valence-electron chi connectivity index (χ3n) is 8.27. The molecule has 1 aromatic carbocycles. The monoisotopic (exact) mass is 584 g/mol. The fraction of sp³-hybridized carbons (Fsp3) is 0.519. The van der Waals surface area contributed by atoms with E-state index in [1.165, 1.54) is 25.3 Å². The third kappa shape index (κ3) is 5.01. The lowest BCUT2D eigenvalue weighted by Crippen LogP contribution is -2.53. The van der Waals surface area contributed by atoms with Gasteiger partial charge in [-0.1, -0.05) is 13.0 Å².